The van der Waals surface area contributed by atoms with Crippen LogP contribution in [0.1, 0.15) is 61.6 Å². The van der Waals surface area contributed by atoms with E-state index in [2.05, 4.69) is 0 Å². The number of hydrogen-bond donors (Lipinski definition) is 5. The Morgan fingerprint density at radius 1 is 1.10 bits per heavy atom. The summed E-state index contributed by atoms with van der Waals surface area (Å²) in [5.74, 6) is -5.66. The van der Waals surface area contributed by atoms with Crippen LogP contribution in [0, 0.1) is 23.2 Å². The van der Waals surface area contributed by atoms with Crippen LogP contribution in [0.4, 0.5) is 5.69 Å². The van der Waals surface area contributed by atoms with E-state index >= 15 is 0 Å². The van der Waals surface area contributed by atoms with E-state index in [9.17, 15) is 34.8 Å². The van der Waals surface area contributed by atoms with Gasteiger partial charge in [0.25, 0.3) is 5.91 Å². The lowest BCUT2D eigenvalue weighted by atomic mass is 9.51. The Balaban J connectivity index is 1.43. The van der Waals surface area contributed by atoms with Crippen molar-refractivity contribution < 1.29 is 34.8 Å². The molecular formula is C32H41N3O7. The fourth-order valence-corrected chi connectivity index (χ4v) is 8.75. The first-order valence-electron chi connectivity index (χ1n) is 14.9. The first-order chi connectivity index (χ1) is 19.7. The monoisotopic (exact) mass is 579 g/mol. The van der Waals surface area contributed by atoms with Gasteiger partial charge in [0.1, 0.15) is 22.8 Å². The highest BCUT2D eigenvalue weighted by Gasteiger charge is 2.64. The van der Waals surface area contributed by atoms with Gasteiger partial charge in [-0.05, 0) is 99.9 Å². The number of carbonyl (C=O) groups is 3. The minimum atomic E-state index is -2.64. The van der Waals surface area contributed by atoms with Crippen LogP contribution in [0.25, 0.3) is 5.76 Å². The molecule has 4 atom stereocenters. The van der Waals surface area contributed by atoms with Crippen molar-refractivity contribution in [2.45, 2.75) is 69.4 Å². The van der Waals surface area contributed by atoms with Gasteiger partial charge in [0.2, 0.25) is 5.78 Å². The molecule has 1 aromatic carbocycles. The summed E-state index contributed by atoms with van der Waals surface area (Å²) in [5.41, 5.74) is 4.76. The van der Waals surface area contributed by atoms with Crippen LogP contribution < -0.4 is 10.6 Å². The van der Waals surface area contributed by atoms with Gasteiger partial charge in [0.05, 0.1) is 11.6 Å². The molecular weight excluding hydrogens is 538 g/mol. The molecule has 1 aromatic rings. The molecule has 0 bridgehead atoms. The van der Waals surface area contributed by atoms with E-state index < -0.39 is 58.0 Å². The van der Waals surface area contributed by atoms with Gasteiger partial charge in [-0.1, -0.05) is 6.42 Å². The topological polar surface area (TPSA) is 165 Å². The molecule has 3 fully saturated rings. The summed E-state index contributed by atoms with van der Waals surface area (Å²) >= 11 is 0. The lowest BCUT2D eigenvalue weighted by molar-refractivity contribution is -0.153. The SMILES string of the molecule is CN(C)c1cc(CCC2CC3(CCC3)C2)c(O)c2c1C[C@H]1C[C@H]3[C@H](N(C)C)C(=O)C(C(N)=O)=C(O)[C@@]3(O)C(=O)C1=C2O. The number of likely N-dealkylation sites (N-methyl/N-ethyl adjacent to an activating group) is 1. The zero-order chi connectivity index (χ0) is 30.5. The number of Topliss-reactive ketones (excluding diaryl/α,β-unsaturated/α-hetero) is 2. The number of amides is 1. The van der Waals surface area contributed by atoms with E-state index in [1.165, 1.54) is 37.0 Å². The van der Waals surface area contributed by atoms with Gasteiger partial charge in [-0.3, -0.25) is 19.3 Å². The highest BCUT2D eigenvalue weighted by molar-refractivity contribution is 6.24. The Bertz CT molecular complexity index is 1460. The fourth-order valence-electron chi connectivity index (χ4n) is 8.75. The van der Waals surface area contributed by atoms with Crippen molar-refractivity contribution in [1.82, 2.24) is 4.90 Å². The number of hydrogen-bond acceptors (Lipinski definition) is 9. The van der Waals surface area contributed by atoms with Crippen molar-refractivity contribution in [3.05, 3.63) is 39.7 Å². The summed E-state index contributed by atoms with van der Waals surface area (Å²) in [5, 5.41) is 46.1. The maximum Gasteiger partial charge on any atom is 0.255 e. The second kappa shape index (κ2) is 9.57. The van der Waals surface area contributed by atoms with Gasteiger partial charge < -0.3 is 31.1 Å². The van der Waals surface area contributed by atoms with Crippen LogP contribution in [-0.2, 0) is 27.2 Å². The molecule has 42 heavy (non-hydrogen) atoms. The summed E-state index contributed by atoms with van der Waals surface area (Å²) < 4.78 is 0. The highest BCUT2D eigenvalue weighted by Crippen LogP contribution is 2.60. The Hall–Kier alpha value is -3.37. The number of nitrogens with zero attached hydrogens (tertiary/aromatic N) is 2. The Labute approximate surface area is 245 Å². The van der Waals surface area contributed by atoms with E-state index in [-0.39, 0.29) is 29.7 Å². The first-order valence-corrected chi connectivity index (χ1v) is 14.9. The number of fused-ring (bicyclic) bond motifs is 3. The largest absolute Gasteiger partial charge is 0.508 e. The maximum atomic E-state index is 14.1. The minimum absolute atomic E-state index is 0.0740. The number of phenols is 1. The third-order valence-electron chi connectivity index (χ3n) is 10.9. The molecule has 5 aliphatic rings. The predicted molar refractivity (Wildman–Crippen MR) is 156 cm³/mol. The molecule has 1 spiro atoms. The number of aryl methyl sites for hydroxylation is 1. The number of carbonyl (C=O) groups excluding carboxylic acids is 3. The average Bonchev–Trinajstić information content (AvgIpc) is 2.84. The third kappa shape index (κ3) is 3.87. The molecule has 0 radical (unpaired) electrons. The molecule has 10 heteroatoms. The molecule has 5 aliphatic carbocycles. The molecule has 0 saturated heterocycles. The molecule has 0 unspecified atom stereocenters. The molecule has 0 heterocycles. The second-order valence-electron chi connectivity index (χ2n) is 13.8. The molecule has 226 valence electrons. The molecule has 3 saturated carbocycles. The van der Waals surface area contributed by atoms with E-state index in [4.69, 9.17) is 5.73 Å². The van der Waals surface area contributed by atoms with Gasteiger partial charge in [-0.2, -0.15) is 0 Å². The molecule has 6 rings (SSSR count). The van der Waals surface area contributed by atoms with Crippen LogP contribution in [0.15, 0.2) is 23.0 Å². The van der Waals surface area contributed by atoms with E-state index in [1.807, 2.05) is 25.1 Å². The number of anilines is 1. The van der Waals surface area contributed by atoms with E-state index in [1.54, 1.807) is 14.1 Å². The van der Waals surface area contributed by atoms with E-state index in [0.717, 1.165) is 12.1 Å². The zero-order valence-electron chi connectivity index (χ0n) is 24.7. The van der Waals surface area contributed by atoms with Gasteiger partial charge in [-0.15, -0.1) is 0 Å². The number of aromatic hydroxyl groups is 1. The maximum absolute atomic E-state index is 14.1. The standard InChI is InChI=1S/C32H41N3O7/c1-34(2)20-12-16(7-6-15-13-31(14-15)8-5-9-31)25(36)22-18(20)10-17-11-19-24(35(3)4)27(38)23(30(33)41)29(40)32(19,42)28(39)21(17)26(22)37/h12,15,17,19,24,36-37,40,42H,5-11,13-14H2,1-4H3,(H2,33,41)/t17-,19-,24-,32-/m0/s1. The number of nitrogens with two attached hydrogens (primary N) is 1. The summed E-state index contributed by atoms with van der Waals surface area (Å²) in [6.07, 6.45) is 8.31. The van der Waals surface area contributed by atoms with Crippen molar-refractivity contribution in [3.63, 3.8) is 0 Å². The molecule has 10 nitrogen and oxygen atoms in total. The van der Waals surface area contributed by atoms with Gasteiger partial charge in [-0.25, -0.2) is 0 Å². The zero-order valence-corrected chi connectivity index (χ0v) is 24.7. The van der Waals surface area contributed by atoms with Crippen molar-refractivity contribution >= 4 is 28.9 Å². The smallest absolute Gasteiger partial charge is 0.255 e. The van der Waals surface area contributed by atoms with Crippen LogP contribution in [-0.4, -0.2) is 82.6 Å². The summed E-state index contributed by atoms with van der Waals surface area (Å²) in [6, 6.07) is 0.864. The lowest BCUT2D eigenvalue weighted by Crippen LogP contribution is -2.65. The van der Waals surface area contributed by atoms with Gasteiger partial charge in [0, 0.05) is 31.3 Å². The number of primary amides is 1. The first kappa shape index (κ1) is 28.7. The van der Waals surface area contributed by atoms with Crippen LogP contribution >= 0.6 is 0 Å². The quantitative estimate of drug-likeness (QED) is 0.319. The molecule has 0 aliphatic heterocycles. The fraction of sp³-hybridized carbons (Fsp3) is 0.594. The van der Waals surface area contributed by atoms with Crippen molar-refractivity contribution in [3.8, 4) is 5.75 Å². The number of ketones is 2. The summed E-state index contributed by atoms with van der Waals surface area (Å²) in [6.45, 7) is 0. The van der Waals surface area contributed by atoms with Crippen LogP contribution in [0.3, 0.4) is 0 Å². The van der Waals surface area contributed by atoms with Crippen molar-refractivity contribution in [1.29, 1.82) is 0 Å². The Morgan fingerprint density at radius 3 is 2.31 bits per heavy atom. The minimum Gasteiger partial charge on any atom is -0.508 e. The molecule has 1 amide bonds. The van der Waals surface area contributed by atoms with Gasteiger partial charge in [0.15, 0.2) is 11.4 Å². The summed E-state index contributed by atoms with van der Waals surface area (Å²) in [7, 11) is 6.96. The lowest BCUT2D eigenvalue weighted by Gasteiger charge is -2.54. The van der Waals surface area contributed by atoms with Crippen molar-refractivity contribution in [2.24, 2.45) is 28.9 Å². The van der Waals surface area contributed by atoms with Crippen molar-refractivity contribution in [2.75, 3.05) is 33.1 Å². The number of phenolic OH excluding ortho intramolecular Hbond substituents is 1. The van der Waals surface area contributed by atoms with Crippen LogP contribution in [0.5, 0.6) is 5.75 Å². The highest BCUT2D eigenvalue weighted by atomic mass is 16.3. The second-order valence-corrected chi connectivity index (χ2v) is 13.8. The predicted octanol–water partition coefficient (Wildman–Crippen LogP) is 2.54. The van der Waals surface area contributed by atoms with Gasteiger partial charge >= 0.3 is 0 Å². The number of rotatable bonds is 6. The molecule has 0 aromatic heterocycles. The third-order valence-corrected chi connectivity index (χ3v) is 10.9. The molecule has 6 N–H and O–H groups in total. The number of aliphatic hydroxyl groups is 3. The Morgan fingerprint density at radius 2 is 1.76 bits per heavy atom. The Kier molecular flexibility index (Phi) is 6.55. The normalized spacial score (nSPS) is 30.1. The average molecular weight is 580 g/mol. The number of benzene rings is 1. The number of aliphatic hydroxyl groups excluding tert-OH is 2. The van der Waals surface area contributed by atoms with Crippen LogP contribution in [0.2, 0.25) is 0 Å². The van der Waals surface area contributed by atoms with E-state index in [0.29, 0.717) is 28.9 Å². The summed E-state index contributed by atoms with van der Waals surface area (Å²) in [4.78, 5) is 43.0.